The van der Waals surface area contributed by atoms with Crippen molar-refractivity contribution in [1.82, 2.24) is 10.2 Å². The van der Waals surface area contributed by atoms with E-state index >= 15 is 0 Å². The van der Waals surface area contributed by atoms with Gasteiger partial charge in [0.2, 0.25) is 5.91 Å². The molecule has 2 rings (SSSR count). The summed E-state index contributed by atoms with van der Waals surface area (Å²) < 4.78 is 31.5. The van der Waals surface area contributed by atoms with E-state index in [0.29, 0.717) is 6.54 Å². The molecule has 0 radical (unpaired) electrons. The zero-order valence-corrected chi connectivity index (χ0v) is 14.4. The Balaban J connectivity index is 1.81. The number of nitrogens with zero attached hydrogens (tertiary/aromatic N) is 1. The molecule has 0 fully saturated rings. The summed E-state index contributed by atoms with van der Waals surface area (Å²) >= 11 is 0. The SMILES string of the molecule is CCN(CC(=O)NCc1ccc(F)cc1)C(=O)COc1ccccc1F. The number of amides is 2. The van der Waals surface area contributed by atoms with E-state index in [2.05, 4.69) is 5.32 Å². The summed E-state index contributed by atoms with van der Waals surface area (Å²) in [5, 5.41) is 2.66. The van der Waals surface area contributed by atoms with Crippen molar-refractivity contribution < 1.29 is 23.1 Å². The molecular weight excluding hydrogens is 342 g/mol. The molecule has 0 aliphatic heterocycles. The Kier molecular flexibility index (Phi) is 7.08. The lowest BCUT2D eigenvalue weighted by Crippen LogP contribution is -2.42. The van der Waals surface area contributed by atoms with E-state index in [9.17, 15) is 18.4 Å². The van der Waals surface area contributed by atoms with Crippen molar-refractivity contribution in [2.45, 2.75) is 13.5 Å². The molecular formula is C19H20F2N2O3. The van der Waals surface area contributed by atoms with Crippen LogP contribution in [0.3, 0.4) is 0 Å². The first kappa shape index (κ1) is 19.4. The number of ether oxygens (including phenoxy) is 1. The maximum absolute atomic E-state index is 13.5. The topological polar surface area (TPSA) is 58.6 Å². The molecule has 0 heterocycles. The van der Waals surface area contributed by atoms with Gasteiger partial charge in [-0.05, 0) is 36.8 Å². The van der Waals surface area contributed by atoms with Gasteiger partial charge in [-0.3, -0.25) is 9.59 Å². The largest absolute Gasteiger partial charge is 0.481 e. The number of likely N-dealkylation sites (N-methyl/N-ethyl adjacent to an activating group) is 1. The van der Waals surface area contributed by atoms with Crippen molar-refractivity contribution >= 4 is 11.8 Å². The number of benzene rings is 2. The van der Waals surface area contributed by atoms with E-state index in [1.807, 2.05) is 0 Å². The number of rotatable bonds is 8. The lowest BCUT2D eigenvalue weighted by Gasteiger charge is -2.20. The third kappa shape index (κ3) is 5.84. The Bertz CT molecular complexity index is 751. The normalized spacial score (nSPS) is 10.3. The van der Waals surface area contributed by atoms with Gasteiger partial charge in [0.25, 0.3) is 5.91 Å². The fraction of sp³-hybridized carbons (Fsp3) is 0.263. The van der Waals surface area contributed by atoms with Crippen LogP contribution in [0.15, 0.2) is 48.5 Å². The number of para-hydroxylation sites is 1. The van der Waals surface area contributed by atoms with Gasteiger partial charge < -0.3 is 15.0 Å². The highest BCUT2D eigenvalue weighted by Crippen LogP contribution is 2.15. The van der Waals surface area contributed by atoms with Crippen LogP contribution in [0, 0.1) is 11.6 Å². The van der Waals surface area contributed by atoms with Gasteiger partial charge >= 0.3 is 0 Å². The summed E-state index contributed by atoms with van der Waals surface area (Å²) in [7, 11) is 0. The molecule has 2 amide bonds. The van der Waals surface area contributed by atoms with Crippen molar-refractivity contribution in [2.24, 2.45) is 0 Å². The highest BCUT2D eigenvalue weighted by atomic mass is 19.1. The fourth-order valence-corrected chi connectivity index (χ4v) is 2.20. The highest BCUT2D eigenvalue weighted by molar-refractivity contribution is 5.85. The lowest BCUT2D eigenvalue weighted by atomic mass is 10.2. The summed E-state index contributed by atoms with van der Waals surface area (Å²) in [5.74, 6) is -1.70. The standard InChI is InChI=1S/C19H20F2N2O3/c1-2-23(19(25)13-26-17-6-4-3-5-16(17)21)12-18(24)22-11-14-7-9-15(20)10-8-14/h3-10H,2,11-13H2,1H3,(H,22,24). The van der Waals surface area contributed by atoms with Crippen LogP contribution in [0.5, 0.6) is 5.75 Å². The maximum atomic E-state index is 13.5. The van der Waals surface area contributed by atoms with Crippen molar-refractivity contribution in [1.29, 1.82) is 0 Å². The number of hydrogen-bond acceptors (Lipinski definition) is 3. The van der Waals surface area contributed by atoms with Gasteiger partial charge in [0.05, 0.1) is 6.54 Å². The Morgan fingerprint density at radius 3 is 2.42 bits per heavy atom. The molecule has 0 atom stereocenters. The van der Waals surface area contributed by atoms with Crippen LogP contribution in [0.2, 0.25) is 0 Å². The predicted molar refractivity (Wildman–Crippen MR) is 92.4 cm³/mol. The zero-order valence-electron chi connectivity index (χ0n) is 14.4. The summed E-state index contributed by atoms with van der Waals surface area (Å²) in [4.78, 5) is 25.5. The number of nitrogens with one attached hydrogen (secondary N) is 1. The van der Waals surface area contributed by atoms with Gasteiger partial charge in [-0.25, -0.2) is 8.78 Å². The molecule has 0 bridgehead atoms. The second kappa shape index (κ2) is 9.50. The van der Waals surface area contributed by atoms with Crippen LogP contribution >= 0.6 is 0 Å². The first-order chi connectivity index (χ1) is 12.5. The second-order valence-electron chi connectivity index (χ2n) is 5.53. The summed E-state index contributed by atoms with van der Waals surface area (Å²) in [5.41, 5.74) is 0.747. The van der Waals surface area contributed by atoms with Gasteiger partial charge in [-0.2, -0.15) is 0 Å². The number of hydrogen-bond donors (Lipinski definition) is 1. The molecule has 0 saturated heterocycles. The molecule has 5 nitrogen and oxygen atoms in total. The van der Waals surface area contributed by atoms with Crippen LogP contribution in [-0.4, -0.2) is 36.4 Å². The lowest BCUT2D eigenvalue weighted by molar-refractivity contribution is -0.137. The van der Waals surface area contributed by atoms with Gasteiger partial charge in [-0.15, -0.1) is 0 Å². The van der Waals surface area contributed by atoms with Crippen LogP contribution in [0.1, 0.15) is 12.5 Å². The molecule has 0 spiro atoms. The Morgan fingerprint density at radius 2 is 1.77 bits per heavy atom. The molecule has 138 valence electrons. The molecule has 1 N–H and O–H groups in total. The van der Waals surface area contributed by atoms with Gasteiger partial charge in [0.1, 0.15) is 5.82 Å². The molecule has 0 unspecified atom stereocenters. The summed E-state index contributed by atoms with van der Waals surface area (Å²) in [6.45, 7) is 1.77. The quantitative estimate of drug-likeness (QED) is 0.785. The predicted octanol–water partition coefficient (Wildman–Crippen LogP) is 2.51. The number of carbonyl (C=O) groups excluding carboxylic acids is 2. The van der Waals surface area contributed by atoms with E-state index in [1.165, 1.54) is 35.2 Å². The molecule has 2 aromatic carbocycles. The van der Waals surface area contributed by atoms with Crippen LogP contribution in [0.4, 0.5) is 8.78 Å². The van der Waals surface area contributed by atoms with E-state index < -0.39 is 11.7 Å². The first-order valence-electron chi connectivity index (χ1n) is 8.16. The number of halogens is 2. The minimum absolute atomic E-state index is 0.0161. The second-order valence-corrected chi connectivity index (χ2v) is 5.53. The van der Waals surface area contributed by atoms with Gasteiger partial charge in [0, 0.05) is 13.1 Å². The van der Waals surface area contributed by atoms with Gasteiger partial charge in [0.15, 0.2) is 18.2 Å². The monoisotopic (exact) mass is 362 g/mol. The molecule has 0 aliphatic rings. The summed E-state index contributed by atoms with van der Waals surface area (Å²) in [6, 6.07) is 11.5. The first-order valence-corrected chi connectivity index (χ1v) is 8.16. The van der Waals surface area contributed by atoms with Crippen LogP contribution in [-0.2, 0) is 16.1 Å². The third-order valence-electron chi connectivity index (χ3n) is 3.66. The average molecular weight is 362 g/mol. The van der Waals surface area contributed by atoms with E-state index in [1.54, 1.807) is 25.1 Å². The average Bonchev–Trinajstić information content (AvgIpc) is 2.64. The summed E-state index contributed by atoms with van der Waals surface area (Å²) in [6.07, 6.45) is 0. The smallest absolute Gasteiger partial charge is 0.260 e. The highest BCUT2D eigenvalue weighted by Gasteiger charge is 2.16. The molecule has 0 aliphatic carbocycles. The maximum Gasteiger partial charge on any atom is 0.260 e. The molecule has 0 aromatic heterocycles. The van der Waals surface area contributed by atoms with Crippen molar-refractivity contribution in [3.8, 4) is 5.75 Å². The minimum atomic E-state index is -0.555. The zero-order chi connectivity index (χ0) is 18.9. The Labute approximate surface area is 150 Å². The molecule has 2 aromatic rings. The van der Waals surface area contributed by atoms with Crippen LogP contribution in [0.25, 0.3) is 0 Å². The van der Waals surface area contributed by atoms with E-state index in [-0.39, 0.29) is 37.2 Å². The molecule has 7 heteroatoms. The van der Waals surface area contributed by atoms with Crippen molar-refractivity contribution in [3.63, 3.8) is 0 Å². The molecule has 26 heavy (non-hydrogen) atoms. The van der Waals surface area contributed by atoms with E-state index in [4.69, 9.17) is 4.74 Å². The van der Waals surface area contributed by atoms with Crippen molar-refractivity contribution in [2.75, 3.05) is 19.7 Å². The van der Waals surface area contributed by atoms with Crippen molar-refractivity contribution in [3.05, 3.63) is 65.7 Å². The third-order valence-corrected chi connectivity index (χ3v) is 3.66. The van der Waals surface area contributed by atoms with Crippen LogP contribution < -0.4 is 10.1 Å². The Morgan fingerprint density at radius 1 is 1.08 bits per heavy atom. The van der Waals surface area contributed by atoms with Gasteiger partial charge in [-0.1, -0.05) is 24.3 Å². The fourth-order valence-electron chi connectivity index (χ4n) is 2.20. The number of carbonyl (C=O) groups is 2. The van der Waals surface area contributed by atoms with E-state index in [0.717, 1.165) is 5.56 Å². The minimum Gasteiger partial charge on any atom is -0.481 e. The molecule has 0 saturated carbocycles. The Hall–Kier alpha value is -2.96.